The fourth-order valence-corrected chi connectivity index (χ4v) is 3.54. The lowest BCUT2D eigenvalue weighted by Crippen LogP contribution is -2.32. The molecule has 0 bridgehead atoms. The van der Waals surface area contributed by atoms with Crippen LogP contribution in [0.3, 0.4) is 0 Å². The van der Waals surface area contributed by atoms with Crippen LogP contribution in [0.15, 0.2) is 54.7 Å². The zero-order chi connectivity index (χ0) is 16.5. The summed E-state index contributed by atoms with van der Waals surface area (Å²) in [4.78, 5) is 12.9. The molecule has 2 aromatic carbocycles. The van der Waals surface area contributed by atoms with E-state index in [1.165, 1.54) is 0 Å². The molecule has 0 radical (unpaired) electrons. The van der Waals surface area contributed by atoms with Crippen molar-refractivity contribution in [3.63, 3.8) is 0 Å². The summed E-state index contributed by atoms with van der Waals surface area (Å²) < 4.78 is 0. The molecule has 1 heterocycles. The first kappa shape index (κ1) is 15.3. The smallest absolute Gasteiger partial charge is 0.253 e. The molecule has 1 aliphatic heterocycles. The maximum atomic E-state index is 12.9. The van der Waals surface area contributed by atoms with E-state index in [2.05, 4.69) is 16.7 Å². The Balaban J connectivity index is 1.61. The van der Waals surface area contributed by atoms with Crippen molar-refractivity contribution >= 4 is 23.1 Å². The van der Waals surface area contributed by atoms with Gasteiger partial charge in [0.05, 0.1) is 11.6 Å². The fourth-order valence-electron chi connectivity index (χ4n) is 3.29. The van der Waals surface area contributed by atoms with Gasteiger partial charge in [0, 0.05) is 17.8 Å². The molecule has 4 rings (SSSR count). The summed E-state index contributed by atoms with van der Waals surface area (Å²) in [5.41, 5.74) is 3.84. The van der Waals surface area contributed by atoms with Crippen LogP contribution in [0.25, 0.3) is 5.57 Å². The molecule has 1 saturated carbocycles. The van der Waals surface area contributed by atoms with Gasteiger partial charge in [-0.2, -0.15) is 0 Å². The van der Waals surface area contributed by atoms with E-state index < -0.39 is 0 Å². The van der Waals surface area contributed by atoms with Gasteiger partial charge in [-0.3, -0.25) is 4.79 Å². The van der Waals surface area contributed by atoms with Crippen LogP contribution in [0.4, 0.5) is 0 Å². The Morgan fingerprint density at radius 2 is 1.88 bits per heavy atom. The Bertz CT molecular complexity index is 811. The van der Waals surface area contributed by atoms with Crippen LogP contribution in [-0.2, 0) is 11.3 Å². The minimum absolute atomic E-state index is 0.0267. The number of hydrogen-bond acceptors (Lipinski definition) is 2. The monoisotopic (exact) mass is 338 g/mol. The van der Waals surface area contributed by atoms with Crippen molar-refractivity contribution in [2.45, 2.75) is 25.4 Å². The molecule has 2 N–H and O–H groups in total. The van der Waals surface area contributed by atoms with E-state index >= 15 is 0 Å². The third kappa shape index (κ3) is 2.92. The molecule has 0 unspecified atom stereocenters. The van der Waals surface area contributed by atoms with E-state index in [1.807, 2.05) is 48.7 Å². The summed E-state index contributed by atoms with van der Waals surface area (Å²) in [6, 6.07) is 15.8. The van der Waals surface area contributed by atoms with Gasteiger partial charge in [0.1, 0.15) is 0 Å². The van der Waals surface area contributed by atoms with Gasteiger partial charge in [0.15, 0.2) is 0 Å². The third-order valence-electron chi connectivity index (χ3n) is 4.71. The molecule has 24 heavy (non-hydrogen) atoms. The van der Waals surface area contributed by atoms with E-state index in [9.17, 15) is 4.79 Å². The zero-order valence-corrected chi connectivity index (χ0v) is 14.0. The van der Waals surface area contributed by atoms with E-state index in [0.717, 1.165) is 36.1 Å². The van der Waals surface area contributed by atoms with Gasteiger partial charge >= 0.3 is 0 Å². The first-order valence-electron chi connectivity index (χ1n) is 8.31. The minimum Gasteiger partial charge on any atom is -0.386 e. The molecule has 1 amide bonds. The second-order valence-electron chi connectivity index (χ2n) is 6.41. The lowest BCUT2D eigenvalue weighted by atomic mass is 9.96. The SMILES string of the molecule is O=C(N[C@H](c1ccccc1Cl)C1CC1)C1=CNCc2ccccc21. The molecule has 3 nitrogen and oxygen atoms in total. The first-order valence-corrected chi connectivity index (χ1v) is 8.69. The van der Waals surface area contributed by atoms with E-state index in [0.29, 0.717) is 16.5 Å². The van der Waals surface area contributed by atoms with Crippen molar-refractivity contribution in [2.75, 3.05) is 0 Å². The predicted octanol–water partition coefficient (Wildman–Crippen LogP) is 4.05. The predicted molar refractivity (Wildman–Crippen MR) is 96.3 cm³/mol. The summed E-state index contributed by atoms with van der Waals surface area (Å²) in [6.45, 7) is 0.753. The molecule has 0 aromatic heterocycles. The topological polar surface area (TPSA) is 41.1 Å². The highest BCUT2D eigenvalue weighted by molar-refractivity contribution is 6.31. The second kappa shape index (κ2) is 6.33. The number of nitrogens with one attached hydrogen (secondary N) is 2. The molecule has 2 aromatic rings. The number of halogens is 1. The molecule has 1 aliphatic carbocycles. The van der Waals surface area contributed by atoms with Gasteiger partial charge in [-0.05, 0) is 41.5 Å². The Morgan fingerprint density at radius 3 is 2.67 bits per heavy atom. The van der Waals surface area contributed by atoms with Crippen molar-refractivity contribution in [3.8, 4) is 0 Å². The number of amides is 1. The minimum atomic E-state index is -0.0496. The molecule has 122 valence electrons. The van der Waals surface area contributed by atoms with Crippen LogP contribution in [0.1, 0.15) is 35.6 Å². The maximum absolute atomic E-state index is 12.9. The van der Waals surface area contributed by atoms with E-state index in [-0.39, 0.29) is 11.9 Å². The fraction of sp³-hybridized carbons (Fsp3) is 0.250. The number of hydrogen-bond donors (Lipinski definition) is 2. The number of carbonyl (C=O) groups excluding carboxylic acids is 1. The molecule has 0 saturated heterocycles. The summed E-state index contributed by atoms with van der Waals surface area (Å²) in [5.74, 6) is 0.424. The average molecular weight is 339 g/mol. The van der Waals surface area contributed by atoms with Crippen LogP contribution in [0.5, 0.6) is 0 Å². The Labute approximate surface area is 146 Å². The average Bonchev–Trinajstić information content (AvgIpc) is 3.45. The van der Waals surface area contributed by atoms with Crippen molar-refractivity contribution in [1.29, 1.82) is 0 Å². The number of fused-ring (bicyclic) bond motifs is 1. The number of benzene rings is 2. The van der Waals surface area contributed by atoms with E-state index in [1.54, 1.807) is 0 Å². The van der Waals surface area contributed by atoms with Crippen LogP contribution in [0, 0.1) is 5.92 Å². The van der Waals surface area contributed by atoms with Crippen LogP contribution in [0.2, 0.25) is 5.02 Å². The van der Waals surface area contributed by atoms with Gasteiger partial charge in [-0.15, -0.1) is 0 Å². The summed E-state index contributed by atoms with van der Waals surface area (Å²) >= 11 is 6.36. The Hall–Kier alpha value is -2.26. The summed E-state index contributed by atoms with van der Waals surface area (Å²) in [6.07, 6.45) is 4.07. The first-order chi connectivity index (χ1) is 11.7. The largest absolute Gasteiger partial charge is 0.386 e. The molecular formula is C20H19ClN2O. The molecule has 1 atom stereocenters. The Kier molecular flexibility index (Phi) is 4.03. The van der Waals surface area contributed by atoms with Gasteiger partial charge in [0.2, 0.25) is 0 Å². The number of rotatable bonds is 4. The van der Waals surface area contributed by atoms with Gasteiger partial charge < -0.3 is 10.6 Å². The molecule has 4 heteroatoms. The van der Waals surface area contributed by atoms with Crippen molar-refractivity contribution in [3.05, 3.63) is 76.4 Å². The second-order valence-corrected chi connectivity index (χ2v) is 6.81. The maximum Gasteiger partial charge on any atom is 0.253 e. The van der Waals surface area contributed by atoms with Gasteiger partial charge in [-0.25, -0.2) is 0 Å². The standard InChI is InChI=1S/C20H19ClN2O/c21-18-8-4-3-7-16(18)19(13-9-10-13)23-20(24)17-12-22-11-14-5-1-2-6-15(14)17/h1-8,12-13,19,22H,9-11H2,(H,23,24)/t19-/m0/s1. The summed E-state index contributed by atoms with van der Waals surface area (Å²) in [5, 5.41) is 7.12. The lowest BCUT2D eigenvalue weighted by molar-refractivity contribution is -0.116. The molecule has 2 aliphatic rings. The van der Waals surface area contributed by atoms with Gasteiger partial charge in [-0.1, -0.05) is 54.1 Å². The van der Waals surface area contributed by atoms with Crippen molar-refractivity contribution < 1.29 is 4.79 Å². The van der Waals surface area contributed by atoms with Crippen LogP contribution < -0.4 is 10.6 Å². The lowest BCUT2D eigenvalue weighted by Gasteiger charge is -2.23. The van der Waals surface area contributed by atoms with E-state index in [4.69, 9.17) is 11.6 Å². The summed E-state index contributed by atoms with van der Waals surface area (Å²) in [7, 11) is 0. The highest BCUT2D eigenvalue weighted by Crippen LogP contribution is 2.43. The van der Waals surface area contributed by atoms with Crippen molar-refractivity contribution in [1.82, 2.24) is 10.6 Å². The molecule has 1 fully saturated rings. The highest BCUT2D eigenvalue weighted by atomic mass is 35.5. The third-order valence-corrected chi connectivity index (χ3v) is 5.06. The quantitative estimate of drug-likeness (QED) is 0.883. The normalized spacial score (nSPS) is 17.3. The van der Waals surface area contributed by atoms with Crippen molar-refractivity contribution in [2.24, 2.45) is 5.92 Å². The zero-order valence-electron chi connectivity index (χ0n) is 13.3. The highest BCUT2D eigenvalue weighted by Gasteiger charge is 2.35. The van der Waals surface area contributed by atoms with Crippen LogP contribution >= 0.6 is 11.6 Å². The number of carbonyl (C=O) groups is 1. The molecular weight excluding hydrogens is 320 g/mol. The molecule has 0 spiro atoms. The van der Waals surface area contributed by atoms with Gasteiger partial charge in [0.25, 0.3) is 5.91 Å². The van der Waals surface area contributed by atoms with Crippen LogP contribution in [-0.4, -0.2) is 5.91 Å². The Morgan fingerprint density at radius 1 is 1.12 bits per heavy atom.